The average molecular weight is 431 g/mol. The number of ether oxygens (including phenoxy) is 1. The van der Waals surface area contributed by atoms with Gasteiger partial charge in [-0.15, -0.1) is 0 Å². The number of likely N-dealkylation sites (tertiary alicyclic amines) is 1. The van der Waals surface area contributed by atoms with E-state index < -0.39 is 23.5 Å². The summed E-state index contributed by atoms with van der Waals surface area (Å²) in [6.45, 7) is 0.804. The monoisotopic (exact) mass is 430 g/mol. The number of hydrogen-bond donors (Lipinski definition) is 2. The van der Waals surface area contributed by atoms with E-state index in [1.165, 1.54) is 24.1 Å². The van der Waals surface area contributed by atoms with E-state index in [2.05, 4.69) is 0 Å². The fraction of sp³-hybridized carbons (Fsp3) is 0.273. The van der Waals surface area contributed by atoms with Gasteiger partial charge in [0.15, 0.2) is 0 Å². The van der Waals surface area contributed by atoms with Gasteiger partial charge in [-0.2, -0.15) is 0 Å². The molecule has 30 heavy (non-hydrogen) atoms. The number of likely N-dealkylation sites (N-methyl/N-ethyl adjacent to an activating group) is 1. The molecule has 0 aliphatic carbocycles. The number of methoxy groups -OCH3 is 1. The minimum atomic E-state index is -0.829. The highest BCUT2D eigenvalue weighted by Gasteiger charge is 2.46. The van der Waals surface area contributed by atoms with Crippen LogP contribution in [0, 0.1) is 0 Å². The Hall–Kier alpha value is -3.03. The molecule has 1 saturated heterocycles. The second-order valence-corrected chi connectivity index (χ2v) is 7.67. The maximum absolute atomic E-state index is 12.9. The van der Waals surface area contributed by atoms with E-state index in [4.69, 9.17) is 16.3 Å². The van der Waals surface area contributed by atoms with E-state index in [1.54, 1.807) is 30.3 Å². The van der Waals surface area contributed by atoms with Crippen molar-refractivity contribution in [2.24, 2.45) is 0 Å². The Bertz CT molecular complexity index is 1020. The summed E-state index contributed by atoms with van der Waals surface area (Å²) in [4.78, 5) is 29.0. The number of aliphatic hydroxyl groups excluding tert-OH is 1. The smallest absolute Gasteiger partial charge is 0.295 e. The highest BCUT2D eigenvalue weighted by atomic mass is 35.5. The minimum Gasteiger partial charge on any atom is -0.507 e. The van der Waals surface area contributed by atoms with Gasteiger partial charge in [-0.25, -0.2) is 0 Å². The number of carbonyl (C=O) groups is 2. The third-order valence-electron chi connectivity index (χ3n) is 4.95. The predicted molar refractivity (Wildman–Crippen MR) is 114 cm³/mol. The maximum atomic E-state index is 12.9. The van der Waals surface area contributed by atoms with Crippen LogP contribution in [0.2, 0.25) is 5.02 Å². The molecular weight excluding hydrogens is 408 g/mol. The fourth-order valence-electron chi connectivity index (χ4n) is 3.43. The Morgan fingerprint density at radius 2 is 1.93 bits per heavy atom. The summed E-state index contributed by atoms with van der Waals surface area (Å²) in [5.74, 6) is -1.85. The van der Waals surface area contributed by atoms with Gasteiger partial charge >= 0.3 is 0 Å². The van der Waals surface area contributed by atoms with Crippen molar-refractivity contribution in [3.63, 3.8) is 0 Å². The first-order valence-electron chi connectivity index (χ1n) is 9.30. The molecule has 1 heterocycles. The van der Waals surface area contributed by atoms with Crippen molar-refractivity contribution in [3.8, 4) is 11.5 Å². The molecule has 0 bridgehead atoms. The van der Waals surface area contributed by atoms with E-state index in [-0.39, 0.29) is 23.4 Å². The Morgan fingerprint density at radius 1 is 1.20 bits per heavy atom. The number of aromatic hydroxyl groups is 1. The van der Waals surface area contributed by atoms with Crippen LogP contribution in [0.3, 0.4) is 0 Å². The SMILES string of the molecule is COc1ccc(/C(O)=C2\C(=O)C(=O)N(CCN(C)C)C2c2cccc(Cl)c2)c(O)c1. The average Bonchev–Trinajstić information content (AvgIpc) is 2.96. The lowest BCUT2D eigenvalue weighted by Gasteiger charge is -2.26. The second kappa shape index (κ2) is 8.77. The highest BCUT2D eigenvalue weighted by molar-refractivity contribution is 6.46. The highest BCUT2D eigenvalue weighted by Crippen LogP contribution is 2.41. The van der Waals surface area contributed by atoms with Gasteiger partial charge in [0.05, 0.1) is 24.3 Å². The van der Waals surface area contributed by atoms with Gasteiger partial charge in [0.2, 0.25) is 0 Å². The molecule has 158 valence electrons. The number of Topliss-reactive ketones (excluding diaryl/α,β-unsaturated/α-hetero) is 1. The van der Waals surface area contributed by atoms with Crippen LogP contribution in [-0.2, 0) is 9.59 Å². The molecule has 1 fully saturated rings. The number of phenols is 1. The van der Waals surface area contributed by atoms with Gasteiger partial charge in [0.1, 0.15) is 17.3 Å². The summed E-state index contributed by atoms with van der Waals surface area (Å²) in [5.41, 5.74) is 0.532. The lowest BCUT2D eigenvalue weighted by atomic mass is 9.95. The zero-order valence-electron chi connectivity index (χ0n) is 16.9. The van der Waals surface area contributed by atoms with Crippen LogP contribution in [0.1, 0.15) is 17.2 Å². The molecule has 1 aliphatic rings. The largest absolute Gasteiger partial charge is 0.507 e. The van der Waals surface area contributed by atoms with Crippen LogP contribution < -0.4 is 4.74 Å². The quantitative estimate of drug-likeness (QED) is 0.416. The predicted octanol–water partition coefficient (Wildman–Crippen LogP) is 3.04. The summed E-state index contributed by atoms with van der Waals surface area (Å²) in [6.07, 6.45) is 0. The summed E-state index contributed by atoms with van der Waals surface area (Å²) in [7, 11) is 5.17. The summed E-state index contributed by atoms with van der Waals surface area (Å²) in [5, 5.41) is 21.8. The number of aliphatic hydroxyl groups is 1. The number of halogens is 1. The number of amides is 1. The van der Waals surface area contributed by atoms with Gasteiger partial charge in [-0.05, 0) is 43.9 Å². The molecule has 1 aliphatic heterocycles. The summed E-state index contributed by atoms with van der Waals surface area (Å²) in [6, 6.07) is 10.3. The number of phenolic OH excluding ortho intramolecular Hbond substituents is 1. The first kappa shape index (κ1) is 21.7. The summed E-state index contributed by atoms with van der Waals surface area (Å²) >= 11 is 6.15. The number of carbonyl (C=O) groups excluding carboxylic acids is 2. The van der Waals surface area contributed by atoms with Crippen LogP contribution in [0.15, 0.2) is 48.0 Å². The van der Waals surface area contributed by atoms with E-state index in [9.17, 15) is 19.8 Å². The van der Waals surface area contributed by atoms with Gasteiger partial charge < -0.3 is 24.7 Å². The van der Waals surface area contributed by atoms with E-state index in [0.29, 0.717) is 22.9 Å². The fourth-order valence-corrected chi connectivity index (χ4v) is 3.62. The lowest BCUT2D eigenvalue weighted by molar-refractivity contribution is -0.140. The molecule has 0 spiro atoms. The molecule has 3 rings (SSSR count). The molecule has 0 radical (unpaired) electrons. The number of nitrogens with zero attached hydrogens (tertiary/aromatic N) is 2. The molecule has 7 nitrogen and oxygen atoms in total. The second-order valence-electron chi connectivity index (χ2n) is 7.23. The van der Waals surface area contributed by atoms with Crippen LogP contribution in [-0.4, -0.2) is 66.0 Å². The maximum Gasteiger partial charge on any atom is 0.295 e. The summed E-state index contributed by atoms with van der Waals surface area (Å²) < 4.78 is 5.06. The van der Waals surface area contributed by atoms with E-state index >= 15 is 0 Å². The van der Waals surface area contributed by atoms with Crippen LogP contribution in [0.5, 0.6) is 11.5 Å². The Morgan fingerprint density at radius 3 is 2.53 bits per heavy atom. The molecule has 2 N–H and O–H groups in total. The molecule has 1 unspecified atom stereocenters. The number of ketones is 1. The van der Waals surface area contributed by atoms with Gasteiger partial charge in [0, 0.05) is 24.2 Å². The Labute approximate surface area is 179 Å². The van der Waals surface area contributed by atoms with Gasteiger partial charge in [0.25, 0.3) is 11.7 Å². The molecular formula is C22H23ClN2O5. The molecule has 2 aromatic carbocycles. The van der Waals surface area contributed by atoms with Gasteiger partial charge in [-0.1, -0.05) is 23.7 Å². The molecule has 2 aromatic rings. The van der Waals surface area contributed by atoms with Crippen molar-refractivity contribution in [1.82, 2.24) is 9.80 Å². The van der Waals surface area contributed by atoms with Gasteiger partial charge in [-0.3, -0.25) is 9.59 Å². The van der Waals surface area contributed by atoms with Crippen LogP contribution in [0.25, 0.3) is 5.76 Å². The van der Waals surface area contributed by atoms with Crippen LogP contribution in [0.4, 0.5) is 0 Å². The zero-order valence-corrected chi connectivity index (χ0v) is 17.7. The molecule has 8 heteroatoms. The number of benzene rings is 2. The van der Waals surface area contributed by atoms with Crippen molar-refractivity contribution < 1.29 is 24.5 Å². The molecule has 1 atom stereocenters. The Kier molecular flexibility index (Phi) is 6.34. The molecule has 0 aromatic heterocycles. The van der Waals surface area contributed by atoms with Crippen molar-refractivity contribution >= 4 is 29.1 Å². The zero-order chi connectivity index (χ0) is 22.0. The molecule has 1 amide bonds. The molecule has 0 saturated carbocycles. The minimum absolute atomic E-state index is 0.0356. The Balaban J connectivity index is 2.17. The van der Waals surface area contributed by atoms with E-state index in [0.717, 1.165) is 0 Å². The number of hydrogen-bond acceptors (Lipinski definition) is 6. The van der Waals surface area contributed by atoms with Crippen molar-refractivity contribution in [2.45, 2.75) is 6.04 Å². The third kappa shape index (κ3) is 4.13. The number of rotatable bonds is 6. The first-order chi connectivity index (χ1) is 14.2. The van der Waals surface area contributed by atoms with Crippen LogP contribution >= 0.6 is 11.6 Å². The lowest BCUT2D eigenvalue weighted by Crippen LogP contribution is -2.35. The van der Waals surface area contributed by atoms with Crippen molar-refractivity contribution in [2.75, 3.05) is 34.3 Å². The topological polar surface area (TPSA) is 90.3 Å². The van der Waals surface area contributed by atoms with Crippen molar-refractivity contribution in [1.29, 1.82) is 0 Å². The van der Waals surface area contributed by atoms with E-state index in [1.807, 2.05) is 19.0 Å². The standard InChI is InChI=1S/C22H23ClN2O5/c1-24(2)9-10-25-19(13-5-4-6-14(23)11-13)18(21(28)22(25)29)20(27)16-8-7-15(30-3)12-17(16)26/h4-8,11-12,19,26-27H,9-10H2,1-3H3/b20-18+. The first-order valence-corrected chi connectivity index (χ1v) is 9.68. The third-order valence-corrected chi connectivity index (χ3v) is 5.19. The van der Waals surface area contributed by atoms with Crippen molar-refractivity contribution in [3.05, 3.63) is 64.2 Å². The normalized spacial score (nSPS) is 18.3.